The number of fused-ring (bicyclic) bond motifs is 1. The maximum absolute atomic E-state index is 12.1. The van der Waals surface area contributed by atoms with Gasteiger partial charge in [-0.15, -0.1) is 0 Å². The number of carbonyl (C=O) groups is 1. The van der Waals surface area contributed by atoms with Gasteiger partial charge in [0.1, 0.15) is 5.75 Å². The molecule has 0 bridgehead atoms. The van der Waals surface area contributed by atoms with E-state index in [1.54, 1.807) is 7.11 Å². The van der Waals surface area contributed by atoms with E-state index in [1.807, 2.05) is 24.3 Å². The van der Waals surface area contributed by atoms with E-state index in [0.717, 1.165) is 43.8 Å². The van der Waals surface area contributed by atoms with Crippen molar-refractivity contribution in [1.82, 2.24) is 10.2 Å². The molecule has 25 heavy (non-hydrogen) atoms. The van der Waals surface area contributed by atoms with E-state index in [2.05, 4.69) is 34.5 Å². The smallest absolute Gasteiger partial charge is 0.221 e. The van der Waals surface area contributed by atoms with E-state index < -0.39 is 0 Å². The zero-order chi connectivity index (χ0) is 17.5. The molecule has 0 unspecified atom stereocenters. The molecular weight excluding hydrogens is 312 g/mol. The largest absolute Gasteiger partial charge is 0.496 e. The Labute approximate surface area is 149 Å². The minimum absolute atomic E-state index is 0.119. The second kappa shape index (κ2) is 8.67. The molecule has 3 rings (SSSR count). The molecule has 0 aliphatic carbocycles. The fourth-order valence-electron chi connectivity index (χ4n) is 3.34. The Hall–Kier alpha value is -2.33. The summed E-state index contributed by atoms with van der Waals surface area (Å²) in [5.74, 6) is 0.998. The van der Waals surface area contributed by atoms with Crippen LogP contribution in [0.2, 0.25) is 0 Å². The maximum atomic E-state index is 12.1. The van der Waals surface area contributed by atoms with Gasteiger partial charge in [0.2, 0.25) is 5.91 Å². The molecule has 1 heterocycles. The summed E-state index contributed by atoms with van der Waals surface area (Å²) in [4.78, 5) is 14.5. The van der Waals surface area contributed by atoms with Gasteiger partial charge in [0.25, 0.3) is 0 Å². The highest BCUT2D eigenvalue weighted by Crippen LogP contribution is 2.19. The number of para-hydroxylation sites is 1. The van der Waals surface area contributed by atoms with Crippen LogP contribution in [0.4, 0.5) is 0 Å². The molecule has 0 spiro atoms. The monoisotopic (exact) mass is 338 g/mol. The average Bonchev–Trinajstić information content (AvgIpc) is 2.66. The first kappa shape index (κ1) is 17.5. The van der Waals surface area contributed by atoms with Crippen LogP contribution in [0.15, 0.2) is 48.5 Å². The van der Waals surface area contributed by atoms with Crippen LogP contribution in [0, 0.1) is 0 Å². The highest BCUT2D eigenvalue weighted by Gasteiger charge is 2.16. The van der Waals surface area contributed by atoms with Gasteiger partial charge in [-0.3, -0.25) is 9.69 Å². The molecule has 0 aromatic heterocycles. The van der Waals surface area contributed by atoms with Gasteiger partial charge < -0.3 is 10.1 Å². The zero-order valence-electron chi connectivity index (χ0n) is 14.8. The maximum Gasteiger partial charge on any atom is 0.221 e. The standard InChI is InChI=1S/C21H26N2O2/c1-25-20-9-5-4-7-18(20)10-13-22-21(24)12-15-23-14-11-17-6-2-3-8-19(17)16-23/h2-9H,10-16H2,1H3,(H,22,24). The fourth-order valence-corrected chi connectivity index (χ4v) is 3.34. The Balaban J connectivity index is 1.39. The molecule has 4 heteroatoms. The predicted molar refractivity (Wildman–Crippen MR) is 99.7 cm³/mol. The van der Waals surface area contributed by atoms with Crippen molar-refractivity contribution in [3.8, 4) is 5.75 Å². The summed E-state index contributed by atoms with van der Waals surface area (Å²) >= 11 is 0. The van der Waals surface area contributed by atoms with E-state index in [-0.39, 0.29) is 5.91 Å². The first-order valence-electron chi connectivity index (χ1n) is 8.94. The molecule has 132 valence electrons. The lowest BCUT2D eigenvalue weighted by atomic mass is 10.00. The number of amides is 1. The molecule has 0 saturated carbocycles. The molecular formula is C21H26N2O2. The number of nitrogens with zero attached hydrogens (tertiary/aromatic N) is 1. The van der Waals surface area contributed by atoms with Crippen molar-refractivity contribution in [2.75, 3.05) is 26.7 Å². The molecule has 0 saturated heterocycles. The van der Waals surface area contributed by atoms with Gasteiger partial charge in [-0.25, -0.2) is 0 Å². The number of hydrogen-bond donors (Lipinski definition) is 1. The van der Waals surface area contributed by atoms with Crippen LogP contribution < -0.4 is 10.1 Å². The third-order valence-electron chi connectivity index (χ3n) is 4.77. The Kier molecular flexibility index (Phi) is 6.07. The lowest BCUT2D eigenvalue weighted by Crippen LogP contribution is -2.35. The van der Waals surface area contributed by atoms with Crippen LogP contribution in [0.1, 0.15) is 23.1 Å². The Morgan fingerprint density at radius 3 is 2.72 bits per heavy atom. The van der Waals surface area contributed by atoms with Crippen molar-refractivity contribution in [2.45, 2.75) is 25.8 Å². The van der Waals surface area contributed by atoms with Gasteiger partial charge in [0, 0.05) is 32.6 Å². The second-order valence-corrected chi connectivity index (χ2v) is 6.46. The van der Waals surface area contributed by atoms with E-state index >= 15 is 0 Å². The van der Waals surface area contributed by atoms with Gasteiger partial charge in [0.05, 0.1) is 7.11 Å². The van der Waals surface area contributed by atoms with Crippen LogP contribution >= 0.6 is 0 Å². The third kappa shape index (κ3) is 4.83. The molecule has 0 atom stereocenters. The van der Waals surface area contributed by atoms with Crippen LogP contribution in [0.25, 0.3) is 0 Å². The average molecular weight is 338 g/mol. The molecule has 2 aromatic rings. The Bertz CT molecular complexity index is 715. The van der Waals surface area contributed by atoms with E-state index in [9.17, 15) is 4.79 Å². The van der Waals surface area contributed by atoms with Crippen LogP contribution in [0.3, 0.4) is 0 Å². The molecule has 1 aliphatic rings. The molecule has 2 aromatic carbocycles. The molecule has 1 aliphatic heterocycles. The number of benzene rings is 2. The van der Waals surface area contributed by atoms with Crippen LogP contribution in [-0.4, -0.2) is 37.6 Å². The summed E-state index contributed by atoms with van der Waals surface area (Å²) in [6, 6.07) is 16.5. The normalized spacial score (nSPS) is 14.0. The topological polar surface area (TPSA) is 41.6 Å². The van der Waals surface area contributed by atoms with Crippen molar-refractivity contribution in [3.63, 3.8) is 0 Å². The number of rotatable bonds is 7. The summed E-state index contributed by atoms with van der Waals surface area (Å²) < 4.78 is 5.34. The van der Waals surface area contributed by atoms with E-state index in [4.69, 9.17) is 4.74 Å². The minimum Gasteiger partial charge on any atom is -0.496 e. The number of hydrogen-bond acceptors (Lipinski definition) is 3. The summed E-state index contributed by atoms with van der Waals surface area (Å²) in [5.41, 5.74) is 3.96. The lowest BCUT2D eigenvalue weighted by molar-refractivity contribution is -0.121. The van der Waals surface area contributed by atoms with E-state index in [1.165, 1.54) is 11.1 Å². The summed E-state index contributed by atoms with van der Waals surface area (Å²) in [6.45, 7) is 3.44. The number of nitrogens with one attached hydrogen (secondary N) is 1. The Morgan fingerprint density at radius 1 is 1.12 bits per heavy atom. The number of ether oxygens (including phenoxy) is 1. The predicted octanol–water partition coefficient (Wildman–Crippen LogP) is 2.80. The lowest BCUT2D eigenvalue weighted by Gasteiger charge is -2.28. The first-order chi connectivity index (χ1) is 12.3. The van der Waals surface area contributed by atoms with Gasteiger partial charge in [-0.1, -0.05) is 42.5 Å². The Morgan fingerprint density at radius 2 is 1.88 bits per heavy atom. The van der Waals surface area contributed by atoms with Crippen LogP contribution in [-0.2, 0) is 24.2 Å². The van der Waals surface area contributed by atoms with Gasteiger partial charge in [-0.05, 0) is 35.6 Å². The quantitative estimate of drug-likeness (QED) is 0.844. The fraction of sp³-hybridized carbons (Fsp3) is 0.381. The number of methoxy groups -OCH3 is 1. The second-order valence-electron chi connectivity index (χ2n) is 6.46. The van der Waals surface area contributed by atoms with Gasteiger partial charge in [0.15, 0.2) is 0 Å². The van der Waals surface area contributed by atoms with Gasteiger partial charge in [-0.2, -0.15) is 0 Å². The molecule has 0 radical (unpaired) electrons. The highest BCUT2D eigenvalue weighted by atomic mass is 16.5. The molecule has 1 amide bonds. The summed E-state index contributed by atoms with van der Waals surface area (Å²) in [5, 5.41) is 3.02. The number of carbonyl (C=O) groups excluding carboxylic acids is 1. The molecule has 4 nitrogen and oxygen atoms in total. The molecule has 1 N–H and O–H groups in total. The first-order valence-corrected chi connectivity index (χ1v) is 8.94. The van der Waals surface area contributed by atoms with Gasteiger partial charge >= 0.3 is 0 Å². The third-order valence-corrected chi connectivity index (χ3v) is 4.77. The van der Waals surface area contributed by atoms with Crippen molar-refractivity contribution >= 4 is 5.91 Å². The van der Waals surface area contributed by atoms with E-state index in [0.29, 0.717) is 13.0 Å². The minimum atomic E-state index is 0.119. The highest BCUT2D eigenvalue weighted by molar-refractivity contribution is 5.76. The van der Waals surface area contributed by atoms with Crippen molar-refractivity contribution in [1.29, 1.82) is 0 Å². The van der Waals surface area contributed by atoms with Crippen molar-refractivity contribution in [2.24, 2.45) is 0 Å². The summed E-state index contributed by atoms with van der Waals surface area (Å²) in [7, 11) is 1.67. The molecule has 0 fully saturated rings. The van der Waals surface area contributed by atoms with Crippen molar-refractivity contribution < 1.29 is 9.53 Å². The SMILES string of the molecule is COc1ccccc1CCNC(=O)CCN1CCc2ccccc2C1. The zero-order valence-corrected chi connectivity index (χ0v) is 14.8. The summed E-state index contributed by atoms with van der Waals surface area (Å²) in [6.07, 6.45) is 2.41. The van der Waals surface area contributed by atoms with Crippen LogP contribution in [0.5, 0.6) is 5.75 Å². The van der Waals surface area contributed by atoms with Crippen molar-refractivity contribution in [3.05, 3.63) is 65.2 Å².